The predicted octanol–water partition coefficient (Wildman–Crippen LogP) is 3.94. The Labute approximate surface area is 182 Å². The molecule has 2 aromatic carbocycles. The van der Waals surface area contributed by atoms with Gasteiger partial charge in [0, 0.05) is 23.0 Å². The van der Waals surface area contributed by atoms with Crippen LogP contribution >= 0.6 is 0 Å². The molecule has 0 saturated heterocycles. The molecule has 2 atom stereocenters. The molecule has 4 rings (SSSR count). The van der Waals surface area contributed by atoms with Gasteiger partial charge >= 0.3 is 5.97 Å². The molecular formula is C25H27N3O3. The molecule has 160 valence electrons. The van der Waals surface area contributed by atoms with Crippen LogP contribution in [0, 0.1) is 13.8 Å². The summed E-state index contributed by atoms with van der Waals surface area (Å²) in [5.41, 5.74) is 5.47. The average Bonchev–Trinajstić information content (AvgIpc) is 3.24. The fourth-order valence-electron chi connectivity index (χ4n) is 4.28. The third-order valence-electron chi connectivity index (χ3n) is 5.86. The van der Waals surface area contributed by atoms with Crippen molar-refractivity contribution >= 4 is 17.6 Å². The van der Waals surface area contributed by atoms with Gasteiger partial charge in [-0.3, -0.25) is 9.59 Å². The Morgan fingerprint density at radius 3 is 2.52 bits per heavy atom. The molecule has 0 bridgehead atoms. The van der Waals surface area contributed by atoms with E-state index >= 15 is 0 Å². The maximum atomic E-state index is 13.1. The van der Waals surface area contributed by atoms with Gasteiger partial charge in [0.2, 0.25) is 0 Å². The third kappa shape index (κ3) is 3.98. The highest BCUT2D eigenvalue weighted by Gasteiger charge is 2.34. The standard InChI is InChI=1S/C25H27N3O3/c1-16-14-20-10-8-9-13-23(20)27(16)25(30)19(4)31-24(29)15-22-17(2)26-28(18(22)3)21-11-6-5-7-12-21/h5-13,16,19H,14-15H2,1-4H3/t16-,19+/m1/s1. The molecule has 6 nitrogen and oxygen atoms in total. The summed E-state index contributed by atoms with van der Waals surface area (Å²) in [6, 6.07) is 17.7. The Hall–Kier alpha value is -3.41. The summed E-state index contributed by atoms with van der Waals surface area (Å²) in [5.74, 6) is -0.626. The highest BCUT2D eigenvalue weighted by atomic mass is 16.5. The first-order chi connectivity index (χ1) is 14.9. The normalized spacial score (nSPS) is 16.1. The van der Waals surface area contributed by atoms with Crippen LogP contribution in [0.15, 0.2) is 54.6 Å². The van der Waals surface area contributed by atoms with E-state index in [0.717, 1.165) is 40.3 Å². The largest absolute Gasteiger partial charge is 0.452 e. The van der Waals surface area contributed by atoms with E-state index in [1.807, 2.05) is 80.1 Å². The molecule has 0 N–H and O–H groups in total. The number of hydrogen-bond donors (Lipinski definition) is 0. The van der Waals surface area contributed by atoms with E-state index in [1.165, 1.54) is 0 Å². The number of aromatic nitrogens is 2. The smallest absolute Gasteiger partial charge is 0.311 e. The average molecular weight is 418 g/mol. The van der Waals surface area contributed by atoms with Crippen LogP contribution in [0.2, 0.25) is 0 Å². The van der Waals surface area contributed by atoms with Crippen molar-refractivity contribution in [2.24, 2.45) is 0 Å². The number of amides is 1. The molecule has 1 aliphatic rings. The molecule has 1 aliphatic heterocycles. The van der Waals surface area contributed by atoms with E-state index in [0.29, 0.717) is 0 Å². The van der Waals surface area contributed by atoms with Crippen LogP contribution in [0.1, 0.15) is 36.4 Å². The van der Waals surface area contributed by atoms with Gasteiger partial charge in [-0.05, 0) is 57.9 Å². The number of carbonyl (C=O) groups excluding carboxylic acids is 2. The van der Waals surface area contributed by atoms with Crippen molar-refractivity contribution in [3.8, 4) is 5.69 Å². The number of anilines is 1. The zero-order valence-corrected chi connectivity index (χ0v) is 18.3. The molecule has 0 saturated carbocycles. The maximum Gasteiger partial charge on any atom is 0.311 e. The molecule has 2 heterocycles. The van der Waals surface area contributed by atoms with Crippen molar-refractivity contribution in [1.29, 1.82) is 0 Å². The summed E-state index contributed by atoms with van der Waals surface area (Å²) in [7, 11) is 0. The number of fused-ring (bicyclic) bond motifs is 1. The first-order valence-corrected chi connectivity index (χ1v) is 10.6. The van der Waals surface area contributed by atoms with Gasteiger partial charge in [0.05, 0.1) is 17.8 Å². The number of benzene rings is 2. The van der Waals surface area contributed by atoms with E-state index in [2.05, 4.69) is 5.10 Å². The van der Waals surface area contributed by atoms with Gasteiger partial charge in [-0.25, -0.2) is 4.68 Å². The quantitative estimate of drug-likeness (QED) is 0.590. The number of esters is 1. The van der Waals surface area contributed by atoms with Crippen LogP contribution in [0.25, 0.3) is 5.69 Å². The van der Waals surface area contributed by atoms with Crippen LogP contribution in [0.3, 0.4) is 0 Å². The lowest BCUT2D eigenvalue weighted by atomic mass is 10.1. The lowest BCUT2D eigenvalue weighted by Gasteiger charge is -2.26. The van der Waals surface area contributed by atoms with Gasteiger partial charge in [0.25, 0.3) is 5.91 Å². The minimum atomic E-state index is -0.856. The van der Waals surface area contributed by atoms with Crippen LogP contribution in [0.5, 0.6) is 0 Å². The van der Waals surface area contributed by atoms with E-state index in [1.54, 1.807) is 11.8 Å². The fraction of sp³-hybridized carbons (Fsp3) is 0.320. The highest BCUT2D eigenvalue weighted by molar-refractivity contribution is 5.99. The lowest BCUT2D eigenvalue weighted by molar-refractivity contribution is -0.153. The Kier molecular flexibility index (Phi) is 5.63. The Balaban J connectivity index is 1.46. The van der Waals surface area contributed by atoms with Crippen LogP contribution in [-0.4, -0.2) is 33.8 Å². The zero-order chi connectivity index (χ0) is 22.1. The molecular weight excluding hydrogens is 390 g/mol. The SMILES string of the molecule is Cc1nn(-c2ccccc2)c(C)c1CC(=O)O[C@@H](C)C(=O)N1c2ccccc2C[C@H]1C. The molecule has 0 fully saturated rings. The molecule has 0 unspecified atom stereocenters. The second-order valence-electron chi connectivity index (χ2n) is 8.10. The van der Waals surface area contributed by atoms with E-state index in [9.17, 15) is 9.59 Å². The lowest BCUT2D eigenvalue weighted by Crippen LogP contribution is -2.43. The number of ether oxygens (including phenoxy) is 1. The Bertz CT molecular complexity index is 1120. The van der Waals surface area contributed by atoms with E-state index in [-0.39, 0.29) is 18.4 Å². The second kappa shape index (κ2) is 8.38. The summed E-state index contributed by atoms with van der Waals surface area (Å²) < 4.78 is 7.38. The van der Waals surface area contributed by atoms with Crippen LogP contribution in [0.4, 0.5) is 5.69 Å². The minimum Gasteiger partial charge on any atom is -0.452 e. The summed E-state index contributed by atoms with van der Waals surface area (Å²) >= 11 is 0. The fourth-order valence-corrected chi connectivity index (χ4v) is 4.28. The summed E-state index contributed by atoms with van der Waals surface area (Å²) in [5, 5.41) is 4.58. The highest BCUT2D eigenvalue weighted by Crippen LogP contribution is 2.32. The van der Waals surface area contributed by atoms with Gasteiger partial charge in [-0.15, -0.1) is 0 Å². The van der Waals surface area contributed by atoms with Gasteiger partial charge < -0.3 is 9.64 Å². The number of para-hydroxylation sites is 2. The van der Waals surface area contributed by atoms with Gasteiger partial charge in [0.1, 0.15) is 0 Å². The summed E-state index contributed by atoms with van der Waals surface area (Å²) in [6.45, 7) is 7.47. The van der Waals surface area contributed by atoms with Gasteiger partial charge in [-0.2, -0.15) is 5.10 Å². The van der Waals surface area contributed by atoms with Crippen LogP contribution < -0.4 is 4.90 Å². The summed E-state index contributed by atoms with van der Waals surface area (Å²) in [4.78, 5) is 27.5. The molecule has 0 spiro atoms. The molecule has 1 amide bonds. The molecule has 31 heavy (non-hydrogen) atoms. The molecule has 6 heteroatoms. The Morgan fingerprint density at radius 2 is 1.77 bits per heavy atom. The Morgan fingerprint density at radius 1 is 1.10 bits per heavy atom. The summed E-state index contributed by atoms with van der Waals surface area (Å²) in [6.07, 6.45) is 0.0272. The number of rotatable bonds is 5. The molecule has 1 aromatic heterocycles. The van der Waals surface area contributed by atoms with Crippen molar-refractivity contribution in [3.05, 3.63) is 77.1 Å². The first kappa shape index (κ1) is 20.8. The number of hydrogen-bond acceptors (Lipinski definition) is 4. The van der Waals surface area contributed by atoms with Crippen molar-refractivity contribution in [1.82, 2.24) is 9.78 Å². The van der Waals surface area contributed by atoms with Gasteiger partial charge in [-0.1, -0.05) is 36.4 Å². The molecule has 0 aliphatic carbocycles. The van der Waals surface area contributed by atoms with Crippen molar-refractivity contribution in [3.63, 3.8) is 0 Å². The van der Waals surface area contributed by atoms with E-state index < -0.39 is 12.1 Å². The molecule has 0 radical (unpaired) electrons. The van der Waals surface area contributed by atoms with Crippen molar-refractivity contribution in [2.75, 3.05) is 4.90 Å². The maximum absolute atomic E-state index is 13.1. The van der Waals surface area contributed by atoms with E-state index in [4.69, 9.17) is 4.74 Å². The topological polar surface area (TPSA) is 64.4 Å². The number of nitrogens with zero attached hydrogens (tertiary/aromatic N) is 3. The predicted molar refractivity (Wildman–Crippen MR) is 119 cm³/mol. The van der Waals surface area contributed by atoms with Crippen molar-refractivity contribution < 1.29 is 14.3 Å². The third-order valence-corrected chi connectivity index (χ3v) is 5.86. The molecule has 3 aromatic rings. The van der Waals surface area contributed by atoms with Crippen molar-refractivity contribution in [2.45, 2.75) is 52.7 Å². The monoisotopic (exact) mass is 417 g/mol. The minimum absolute atomic E-state index is 0.0413. The van der Waals surface area contributed by atoms with Gasteiger partial charge in [0.15, 0.2) is 6.10 Å². The second-order valence-corrected chi connectivity index (χ2v) is 8.10. The zero-order valence-electron chi connectivity index (χ0n) is 18.3. The number of aryl methyl sites for hydroxylation is 1. The first-order valence-electron chi connectivity index (χ1n) is 10.6. The van der Waals surface area contributed by atoms with Crippen LogP contribution in [-0.2, 0) is 27.2 Å². The number of carbonyl (C=O) groups is 2.